The summed E-state index contributed by atoms with van der Waals surface area (Å²) in [6, 6.07) is 0.303. The SMILES string of the molecule is C=C(NC(C1CCOCC1)C(C)C(=C)N/N=C1\SCC(=C)N1C)C1CCCCC1.CC. The van der Waals surface area contributed by atoms with Gasteiger partial charge in [0.1, 0.15) is 0 Å². The minimum Gasteiger partial charge on any atom is -0.385 e. The molecule has 6 heteroatoms. The van der Waals surface area contributed by atoms with E-state index in [2.05, 4.69) is 42.5 Å². The van der Waals surface area contributed by atoms with Crippen molar-refractivity contribution in [2.45, 2.75) is 71.8 Å². The molecule has 0 spiro atoms. The highest BCUT2D eigenvalue weighted by Crippen LogP contribution is 2.32. The Morgan fingerprint density at radius 2 is 1.77 bits per heavy atom. The van der Waals surface area contributed by atoms with Gasteiger partial charge in [-0.2, -0.15) is 5.10 Å². The molecule has 0 radical (unpaired) electrons. The first-order valence-corrected chi connectivity index (χ1v) is 13.1. The first kappa shape index (κ1) is 25.9. The third-order valence-corrected chi connectivity index (χ3v) is 7.84. The highest BCUT2D eigenvalue weighted by Gasteiger charge is 2.32. The van der Waals surface area contributed by atoms with E-state index in [1.807, 2.05) is 25.8 Å². The molecule has 2 atom stereocenters. The Labute approximate surface area is 194 Å². The van der Waals surface area contributed by atoms with Gasteiger partial charge >= 0.3 is 0 Å². The highest BCUT2D eigenvalue weighted by atomic mass is 32.2. The molecule has 0 aromatic heterocycles. The van der Waals surface area contributed by atoms with E-state index in [1.165, 1.54) is 37.8 Å². The quantitative estimate of drug-likeness (QED) is 0.467. The van der Waals surface area contributed by atoms with E-state index in [9.17, 15) is 0 Å². The number of thioether (sulfide) groups is 1. The zero-order valence-corrected chi connectivity index (χ0v) is 21.0. The lowest BCUT2D eigenvalue weighted by atomic mass is 9.81. The fourth-order valence-electron chi connectivity index (χ4n) is 4.53. The summed E-state index contributed by atoms with van der Waals surface area (Å²) in [6.45, 7) is 20.8. The van der Waals surface area contributed by atoms with Gasteiger partial charge in [-0.1, -0.05) is 71.5 Å². The predicted octanol–water partition coefficient (Wildman–Crippen LogP) is 5.69. The maximum absolute atomic E-state index is 5.62. The lowest BCUT2D eigenvalue weighted by molar-refractivity contribution is 0.0487. The second kappa shape index (κ2) is 13.2. The minimum atomic E-state index is 0.239. The van der Waals surface area contributed by atoms with Crippen molar-refractivity contribution in [2.24, 2.45) is 22.9 Å². The van der Waals surface area contributed by atoms with Gasteiger partial charge in [-0.15, -0.1) is 0 Å². The zero-order valence-electron chi connectivity index (χ0n) is 20.2. The third-order valence-electron chi connectivity index (χ3n) is 6.74. The molecule has 3 rings (SSSR count). The van der Waals surface area contributed by atoms with Crippen LogP contribution in [0.5, 0.6) is 0 Å². The van der Waals surface area contributed by atoms with E-state index in [0.717, 1.165) is 48.4 Å². The summed E-state index contributed by atoms with van der Waals surface area (Å²) in [7, 11) is 2.01. The number of hydrazone groups is 1. The summed E-state index contributed by atoms with van der Waals surface area (Å²) >= 11 is 1.70. The Balaban J connectivity index is 0.00000166. The number of hydrogen-bond acceptors (Lipinski definition) is 5. The summed E-state index contributed by atoms with van der Waals surface area (Å²) < 4.78 is 5.62. The van der Waals surface area contributed by atoms with Crippen LogP contribution in [0.3, 0.4) is 0 Å². The number of nitrogens with zero attached hydrogens (tertiary/aromatic N) is 2. The van der Waals surface area contributed by atoms with Gasteiger partial charge in [0.2, 0.25) is 0 Å². The van der Waals surface area contributed by atoms with Crippen molar-refractivity contribution < 1.29 is 4.74 Å². The van der Waals surface area contributed by atoms with E-state index >= 15 is 0 Å². The van der Waals surface area contributed by atoms with Gasteiger partial charge in [-0.25, -0.2) is 0 Å². The van der Waals surface area contributed by atoms with Crippen molar-refractivity contribution in [1.82, 2.24) is 15.6 Å². The molecule has 3 fully saturated rings. The molecule has 1 saturated carbocycles. The number of amidine groups is 1. The first-order chi connectivity index (χ1) is 15.0. The van der Waals surface area contributed by atoms with Crippen molar-refractivity contribution in [3.05, 3.63) is 36.8 Å². The van der Waals surface area contributed by atoms with Gasteiger partial charge in [0.25, 0.3) is 0 Å². The molecular weight excluding hydrogens is 404 g/mol. The Morgan fingerprint density at radius 3 is 2.35 bits per heavy atom. The van der Waals surface area contributed by atoms with Gasteiger partial charge in [0.15, 0.2) is 5.17 Å². The molecular formula is C25H44N4OS. The highest BCUT2D eigenvalue weighted by molar-refractivity contribution is 8.14. The molecule has 2 aliphatic heterocycles. The van der Waals surface area contributed by atoms with Crippen LogP contribution in [0.4, 0.5) is 0 Å². The summed E-state index contributed by atoms with van der Waals surface area (Å²) in [5.74, 6) is 2.30. The van der Waals surface area contributed by atoms with Crippen LogP contribution in [0.2, 0.25) is 0 Å². The molecule has 0 aromatic rings. The van der Waals surface area contributed by atoms with Gasteiger partial charge in [0, 0.05) is 55.1 Å². The lowest BCUT2D eigenvalue weighted by Gasteiger charge is -2.38. The Hall–Kier alpha value is -1.40. The fourth-order valence-corrected chi connectivity index (χ4v) is 5.45. The Kier molecular flexibility index (Phi) is 11.0. The summed E-state index contributed by atoms with van der Waals surface area (Å²) in [6.07, 6.45) is 8.71. The van der Waals surface area contributed by atoms with E-state index in [4.69, 9.17) is 4.74 Å². The normalized spacial score (nSPS) is 23.7. The molecule has 0 amide bonds. The van der Waals surface area contributed by atoms with Crippen molar-refractivity contribution in [3.8, 4) is 0 Å². The summed E-state index contributed by atoms with van der Waals surface area (Å²) in [5.41, 5.74) is 6.49. The molecule has 2 heterocycles. The molecule has 2 saturated heterocycles. The third kappa shape index (κ3) is 7.31. The second-order valence-corrected chi connectivity index (χ2v) is 9.66. The number of hydrogen-bond donors (Lipinski definition) is 2. The van der Waals surface area contributed by atoms with Crippen LogP contribution in [-0.4, -0.2) is 42.1 Å². The topological polar surface area (TPSA) is 48.9 Å². The van der Waals surface area contributed by atoms with E-state index in [0.29, 0.717) is 17.9 Å². The Bertz CT molecular complexity index is 635. The first-order valence-electron chi connectivity index (χ1n) is 12.1. The fraction of sp³-hybridized carbons (Fsp3) is 0.720. The Morgan fingerprint density at radius 1 is 1.13 bits per heavy atom. The van der Waals surface area contributed by atoms with Gasteiger partial charge < -0.3 is 15.0 Å². The van der Waals surface area contributed by atoms with Gasteiger partial charge in [0.05, 0.1) is 0 Å². The molecule has 2 unspecified atom stereocenters. The number of ether oxygens (including phenoxy) is 1. The van der Waals surface area contributed by atoms with Crippen LogP contribution in [0, 0.1) is 17.8 Å². The smallest absolute Gasteiger partial charge is 0.187 e. The number of rotatable bonds is 8. The van der Waals surface area contributed by atoms with Crippen molar-refractivity contribution in [1.29, 1.82) is 0 Å². The zero-order chi connectivity index (χ0) is 22.8. The number of nitrogens with one attached hydrogen (secondary N) is 2. The molecule has 0 aromatic carbocycles. The monoisotopic (exact) mass is 448 g/mol. The van der Waals surface area contributed by atoms with Crippen LogP contribution >= 0.6 is 11.8 Å². The average Bonchev–Trinajstić information content (AvgIpc) is 3.15. The van der Waals surface area contributed by atoms with Crippen LogP contribution in [0.15, 0.2) is 41.9 Å². The largest absolute Gasteiger partial charge is 0.385 e. The molecule has 2 N–H and O–H groups in total. The van der Waals surface area contributed by atoms with Gasteiger partial charge in [-0.3, -0.25) is 5.43 Å². The van der Waals surface area contributed by atoms with E-state index in [1.54, 1.807) is 11.8 Å². The molecule has 1 aliphatic carbocycles. The predicted molar refractivity (Wildman–Crippen MR) is 136 cm³/mol. The summed E-state index contributed by atoms with van der Waals surface area (Å²) in [5, 5.41) is 9.39. The second-order valence-electron chi connectivity index (χ2n) is 8.71. The van der Waals surface area contributed by atoms with Crippen LogP contribution in [0.25, 0.3) is 0 Å². The number of allylic oxidation sites excluding steroid dienone is 1. The average molecular weight is 449 g/mol. The maximum atomic E-state index is 5.62. The lowest BCUT2D eigenvalue weighted by Crippen LogP contribution is -2.45. The maximum Gasteiger partial charge on any atom is 0.187 e. The minimum absolute atomic E-state index is 0.239. The standard InChI is InChI=1S/C23H38N4OS.C2H6/c1-16-15-29-23(27(16)5)26-25-18(3)17(2)22(21-11-13-28-14-12-21)24-19(4)20-9-7-6-8-10-20;1-2/h17,20-22,24-25H,1,3-4,6-15H2,2,5H3;1-2H3/b26-23-;. The van der Waals surface area contributed by atoms with Crippen molar-refractivity contribution in [2.75, 3.05) is 26.0 Å². The molecule has 5 nitrogen and oxygen atoms in total. The van der Waals surface area contributed by atoms with E-state index in [-0.39, 0.29) is 5.92 Å². The van der Waals surface area contributed by atoms with Crippen molar-refractivity contribution in [3.63, 3.8) is 0 Å². The van der Waals surface area contributed by atoms with Crippen molar-refractivity contribution >= 4 is 16.9 Å². The molecule has 176 valence electrons. The summed E-state index contributed by atoms with van der Waals surface area (Å²) in [4.78, 5) is 2.04. The molecule has 31 heavy (non-hydrogen) atoms. The molecule has 3 aliphatic rings. The van der Waals surface area contributed by atoms with Crippen LogP contribution in [0.1, 0.15) is 65.7 Å². The van der Waals surface area contributed by atoms with Crippen LogP contribution < -0.4 is 10.7 Å². The van der Waals surface area contributed by atoms with E-state index < -0.39 is 0 Å². The van der Waals surface area contributed by atoms with Crippen LogP contribution in [-0.2, 0) is 4.74 Å². The van der Waals surface area contributed by atoms with Gasteiger partial charge in [-0.05, 0) is 37.5 Å². The molecule has 0 bridgehead atoms.